The van der Waals surface area contributed by atoms with Gasteiger partial charge in [-0.3, -0.25) is 0 Å². The molecule has 2 aromatic rings. The van der Waals surface area contributed by atoms with Crippen LogP contribution in [0, 0.1) is 0 Å². The van der Waals surface area contributed by atoms with E-state index < -0.39 is 11.7 Å². The van der Waals surface area contributed by atoms with Gasteiger partial charge < -0.3 is 0 Å². The Kier molecular flexibility index (Phi) is 3.01. The molecule has 84 valence electrons. The lowest BCUT2D eigenvalue weighted by atomic mass is 10.1. The molecule has 0 radical (unpaired) electrons. The van der Waals surface area contributed by atoms with E-state index in [1.165, 1.54) is 5.38 Å². The summed E-state index contributed by atoms with van der Waals surface area (Å²) in [7, 11) is 0. The number of thiophene rings is 1. The van der Waals surface area contributed by atoms with Gasteiger partial charge in [0.25, 0.3) is 0 Å². The predicted molar refractivity (Wildman–Crippen MR) is 58.6 cm³/mol. The van der Waals surface area contributed by atoms with Crippen molar-refractivity contribution in [3.05, 3.63) is 57.8 Å². The Balaban J connectivity index is 2.26. The zero-order valence-electron chi connectivity index (χ0n) is 8.29. The van der Waals surface area contributed by atoms with Gasteiger partial charge in [0, 0.05) is 11.3 Å². The van der Waals surface area contributed by atoms with E-state index in [1.807, 2.05) is 30.3 Å². The molecule has 0 atom stereocenters. The monoisotopic (exact) mass is 242 g/mol. The number of rotatable bonds is 2. The van der Waals surface area contributed by atoms with Crippen LogP contribution in [0.15, 0.2) is 41.8 Å². The molecule has 2 rings (SSSR count). The normalized spacial score (nSPS) is 11.7. The largest absolute Gasteiger partial charge is 0.417 e. The van der Waals surface area contributed by atoms with Gasteiger partial charge in [0.2, 0.25) is 0 Å². The van der Waals surface area contributed by atoms with Gasteiger partial charge in [-0.25, -0.2) is 0 Å². The smallest absolute Gasteiger partial charge is 0.166 e. The van der Waals surface area contributed by atoms with Crippen LogP contribution in [0.1, 0.15) is 16.0 Å². The first-order valence-electron chi connectivity index (χ1n) is 4.75. The molecule has 16 heavy (non-hydrogen) atoms. The Morgan fingerprint density at radius 2 is 1.69 bits per heavy atom. The summed E-state index contributed by atoms with van der Waals surface area (Å²) in [5, 5.41) is 1.49. The van der Waals surface area contributed by atoms with Gasteiger partial charge in [0.1, 0.15) is 0 Å². The first-order valence-corrected chi connectivity index (χ1v) is 5.63. The van der Waals surface area contributed by atoms with Crippen molar-refractivity contribution in [1.82, 2.24) is 0 Å². The second kappa shape index (κ2) is 4.29. The third kappa shape index (κ3) is 2.44. The van der Waals surface area contributed by atoms with Crippen molar-refractivity contribution in [2.24, 2.45) is 0 Å². The number of hydrogen-bond donors (Lipinski definition) is 0. The maximum Gasteiger partial charge on any atom is 0.417 e. The van der Waals surface area contributed by atoms with Crippen molar-refractivity contribution < 1.29 is 13.2 Å². The van der Waals surface area contributed by atoms with E-state index in [0.717, 1.165) is 23.0 Å². The molecule has 0 N–H and O–H groups in total. The highest BCUT2D eigenvalue weighted by Gasteiger charge is 2.33. The zero-order chi connectivity index (χ0) is 11.6. The first kappa shape index (κ1) is 11.2. The molecule has 0 bridgehead atoms. The molecule has 0 aliphatic rings. The third-order valence-corrected chi connectivity index (χ3v) is 3.18. The van der Waals surface area contributed by atoms with Crippen LogP contribution in [0.5, 0.6) is 0 Å². The summed E-state index contributed by atoms with van der Waals surface area (Å²) in [6.45, 7) is 0. The predicted octanol–water partition coefficient (Wildman–Crippen LogP) is 4.36. The van der Waals surface area contributed by atoms with Crippen molar-refractivity contribution in [3.63, 3.8) is 0 Å². The van der Waals surface area contributed by atoms with Crippen molar-refractivity contribution in [2.45, 2.75) is 12.6 Å². The fraction of sp³-hybridized carbons (Fsp3) is 0.167. The minimum Gasteiger partial charge on any atom is -0.166 e. The summed E-state index contributed by atoms with van der Waals surface area (Å²) in [4.78, 5) is 0.374. The Morgan fingerprint density at radius 1 is 1.00 bits per heavy atom. The van der Waals surface area contributed by atoms with Gasteiger partial charge >= 0.3 is 6.18 Å². The lowest BCUT2D eigenvalue weighted by molar-refractivity contribution is -0.137. The number of benzene rings is 1. The van der Waals surface area contributed by atoms with Crippen LogP contribution < -0.4 is 0 Å². The SMILES string of the molecule is FC(F)(F)c1ccsc1Cc1ccccc1. The fourth-order valence-electron chi connectivity index (χ4n) is 1.51. The molecule has 0 amide bonds. The van der Waals surface area contributed by atoms with Crippen LogP contribution in [-0.2, 0) is 12.6 Å². The molecule has 0 aliphatic heterocycles. The van der Waals surface area contributed by atoms with E-state index in [-0.39, 0.29) is 0 Å². The summed E-state index contributed by atoms with van der Waals surface area (Å²) in [6.07, 6.45) is -3.91. The molecule has 1 aromatic carbocycles. The van der Waals surface area contributed by atoms with Gasteiger partial charge in [0.05, 0.1) is 5.56 Å². The van der Waals surface area contributed by atoms with E-state index in [0.29, 0.717) is 11.3 Å². The van der Waals surface area contributed by atoms with E-state index >= 15 is 0 Å². The number of halogens is 3. The van der Waals surface area contributed by atoms with E-state index in [1.54, 1.807) is 0 Å². The maximum absolute atomic E-state index is 12.6. The minimum atomic E-state index is -4.25. The Morgan fingerprint density at radius 3 is 2.31 bits per heavy atom. The molecule has 0 fully saturated rings. The molecule has 4 heteroatoms. The summed E-state index contributed by atoms with van der Waals surface area (Å²) in [5.74, 6) is 0. The quantitative estimate of drug-likeness (QED) is 0.734. The van der Waals surface area contributed by atoms with E-state index in [2.05, 4.69) is 0 Å². The summed E-state index contributed by atoms with van der Waals surface area (Å²) >= 11 is 1.15. The standard InChI is InChI=1S/C12H9F3S/c13-12(14,15)10-6-7-16-11(10)8-9-4-2-1-3-5-9/h1-7H,8H2. The summed E-state index contributed by atoms with van der Waals surface area (Å²) < 4.78 is 37.8. The van der Waals surface area contributed by atoms with Crippen molar-refractivity contribution in [2.75, 3.05) is 0 Å². The zero-order valence-corrected chi connectivity index (χ0v) is 9.11. The molecular weight excluding hydrogens is 233 g/mol. The lowest BCUT2D eigenvalue weighted by Gasteiger charge is -2.07. The van der Waals surface area contributed by atoms with Crippen LogP contribution >= 0.6 is 11.3 Å². The second-order valence-corrected chi connectivity index (χ2v) is 4.42. The molecule has 0 saturated carbocycles. The summed E-state index contributed by atoms with van der Waals surface area (Å²) in [5.41, 5.74) is 0.386. The topological polar surface area (TPSA) is 0 Å². The highest BCUT2D eigenvalue weighted by Crippen LogP contribution is 2.35. The average molecular weight is 242 g/mol. The molecule has 0 saturated heterocycles. The van der Waals surface area contributed by atoms with Gasteiger partial charge in [-0.1, -0.05) is 30.3 Å². The molecule has 0 spiro atoms. The number of alkyl halides is 3. The maximum atomic E-state index is 12.6. The van der Waals surface area contributed by atoms with Crippen molar-refractivity contribution in [3.8, 4) is 0 Å². The summed E-state index contributed by atoms with van der Waals surface area (Å²) in [6, 6.07) is 10.3. The molecule has 0 aliphatic carbocycles. The third-order valence-electron chi connectivity index (χ3n) is 2.26. The minimum absolute atomic E-state index is 0.341. The fourth-order valence-corrected chi connectivity index (χ4v) is 2.44. The van der Waals surface area contributed by atoms with Crippen LogP contribution in [-0.4, -0.2) is 0 Å². The van der Waals surface area contributed by atoms with Gasteiger partial charge in [-0.15, -0.1) is 11.3 Å². The molecule has 1 heterocycles. The van der Waals surface area contributed by atoms with E-state index in [4.69, 9.17) is 0 Å². The van der Waals surface area contributed by atoms with Gasteiger partial charge in [-0.05, 0) is 17.0 Å². The highest BCUT2D eigenvalue weighted by molar-refractivity contribution is 7.10. The van der Waals surface area contributed by atoms with Gasteiger partial charge in [0.15, 0.2) is 0 Å². The average Bonchev–Trinajstić information content (AvgIpc) is 2.67. The lowest BCUT2D eigenvalue weighted by Crippen LogP contribution is -2.06. The Hall–Kier alpha value is -1.29. The van der Waals surface area contributed by atoms with Crippen molar-refractivity contribution in [1.29, 1.82) is 0 Å². The van der Waals surface area contributed by atoms with Crippen LogP contribution in [0.2, 0.25) is 0 Å². The molecular formula is C12H9F3S. The van der Waals surface area contributed by atoms with Gasteiger partial charge in [-0.2, -0.15) is 13.2 Å². The van der Waals surface area contributed by atoms with Crippen LogP contribution in [0.25, 0.3) is 0 Å². The molecule has 0 unspecified atom stereocenters. The van der Waals surface area contributed by atoms with Crippen LogP contribution in [0.3, 0.4) is 0 Å². The van der Waals surface area contributed by atoms with Crippen LogP contribution in [0.4, 0.5) is 13.2 Å². The van der Waals surface area contributed by atoms with Crippen molar-refractivity contribution >= 4 is 11.3 Å². The van der Waals surface area contributed by atoms with E-state index in [9.17, 15) is 13.2 Å². The molecule has 0 nitrogen and oxygen atoms in total. The highest BCUT2D eigenvalue weighted by atomic mass is 32.1. The number of hydrogen-bond acceptors (Lipinski definition) is 1. The first-order chi connectivity index (χ1) is 7.57. The Labute approximate surface area is 95.4 Å². The second-order valence-electron chi connectivity index (χ2n) is 3.42. The Bertz CT molecular complexity index is 457. The molecule has 1 aromatic heterocycles.